The van der Waals surface area contributed by atoms with Gasteiger partial charge in [-0.25, -0.2) is 4.52 Å². The Morgan fingerprint density at radius 2 is 1.97 bits per heavy atom. The summed E-state index contributed by atoms with van der Waals surface area (Å²) in [5.41, 5.74) is 2.69. The van der Waals surface area contributed by atoms with Crippen LogP contribution in [0, 0.1) is 45.8 Å². The van der Waals surface area contributed by atoms with Crippen LogP contribution in [0.1, 0.15) is 38.6 Å². The predicted molar refractivity (Wildman–Crippen MR) is 116 cm³/mol. The van der Waals surface area contributed by atoms with Gasteiger partial charge in [-0.3, -0.25) is 9.48 Å². The fraction of sp³-hybridized carbons (Fsp3) is 0.458. The summed E-state index contributed by atoms with van der Waals surface area (Å²) in [6, 6.07) is 8.90. The fourth-order valence-corrected chi connectivity index (χ4v) is 5.49. The molecule has 3 fully saturated rings. The van der Waals surface area contributed by atoms with Crippen LogP contribution in [-0.2, 0) is 4.79 Å². The van der Waals surface area contributed by atoms with Gasteiger partial charge in [-0.05, 0) is 43.7 Å². The highest BCUT2D eigenvalue weighted by molar-refractivity contribution is 6.05. The van der Waals surface area contributed by atoms with Gasteiger partial charge in [0.25, 0.3) is 0 Å². The third-order valence-electron chi connectivity index (χ3n) is 7.62. The van der Waals surface area contributed by atoms with Crippen LogP contribution in [0.4, 0.5) is 5.69 Å². The SMILES string of the molecule is C[C@@H]1CN(c2ccnn3cc(-c4cnn(C5CC(C#N)C5)c4)cc23)C(=O)[C@]1(C#N)C1CC1. The molecule has 8 heteroatoms. The Hall–Kier alpha value is -3.65. The summed E-state index contributed by atoms with van der Waals surface area (Å²) in [4.78, 5) is 15.3. The molecule has 0 radical (unpaired) electrons. The zero-order valence-electron chi connectivity index (χ0n) is 17.8. The van der Waals surface area contributed by atoms with Crippen molar-refractivity contribution in [1.29, 1.82) is 10.5 Å². The molecule has 8 nitrogen and oxygen atoms in total. The predicted octanol–water partition coefficient (Wildman–Crippen LogP) is 3.58. The van der Waals surface area contributed by atoms with E-state index in [1.165, 1.54) is 0 Å². The molecule has 160 valence electrons. The molecule has 3 aromatic rings. The van der Waals surface area contributed by atoms with E-state index in [9.17, 15) is 10.1 Å². The fourth-order valence-electron chi connectivity index (χ4n) is 5.49. The smallest absolute Gasteiger partial charge is 0.248 e. The van der Waals surface area contributed by atoms with Crippen LogP contribution < -0.4 is 4.90 Å². The summed E-state index contributed by atoms with van der Waals surface area (Å²) in [7, 11) is 0. The van der Waals surface area contributed by atoms with Gasteiger partial charge in [0.15, 0.2) is 0 Å². The molecular weight excluding hydrogens is 402 g/mol. The molecule has 3 aromatic heterocycles. The summed E-state index contributed by atoms with van der Waals surface area (Å²) < 4.78 is 3.74. The lowest BCUT2D eigenvalue weighted by molar-refractivity contribution is -0.124. The first kappa shape index (κ1) is 19.1. The van der Waals surface area contributed by atoms with E-state index in [4.69, 9.17) is 5.26 Å². The number of amides is 1. The van der Waals surface area contributed by atoms with Crippen LogP contribution in [0.3, 0.4) is 0 Å². The Morgan fingerprint density at radius 1 is 1.16 bits per heavy atom. The van der Waals surface area contributed by atoms with E-state index in [1.807, 2.05) is 42.3 Å². The first-order chi connectivity index (χ1) is 15.5. The van der Waals surface area contributed by atoms with Crippen LogP contribution in [0.15, 0.2) is 36.9 Å². The average molecular weight is 425 g/mol. The second-order valence-electron chi connectivity index (χ2n) is 9.51. The Morgan fingerprint density at radius 3 is 2.69 bits per heavy atom. The molecule has 0 bridgehead atoms. The number of hydrogen-bond acceptors (Lipinski definition) is 5. The number of carbonyl (C=O) groups is 1. The van der Waals surface area contributed by atoms with Gasteiger partial charge in [0, 0.05) is 42.2 Å². The number of hydrogen-bond donors (Lipinski definition) is 0. The van der Waals surface area contributed by atoms with Crippen molar-refractivity contribution in [1.82, 2.24) is 19.4 Å². The van der Waals surface area contributed by atoms with Gasteiger partial charge in [0.2, 0.25) is 5.91 Å². The van der Waals surface area contributed by atoms with E-state index in [1.54, 1.807) is 15.6 Å². The molecule has 6 rings (SSSR count). The summed E-state index contributed by atoms with van der Waals surface area (Å²) in [6.45, 7) is 2.57. The summed E-state index contributed by atoms with van der Waals surface area (Å²) >= 11 is 0. The Labute approximate surface area is 185 Å². The molecule has 3 aliphatic rings. The van der Waals surface area contributed by atoms with E-state index in [0.29, 0.717) is 6.54 Å². The zero-order chi connectivity index (χ0) is 22.0. The van der Waals surface area contributed by atoms with E-state index in [0.717, 1.165) is 48.0 Å². The van der Waals surface area contributed by atoms with Gasteiger partial charge >= 0.3 is 0 Å². The topological polar surface area (TPSA) is 103 Å². The minimum absolute atomic E-state index is 0.00640. The van der Waals surface area contributed by atoms with Gasteiger partial charge in [0.1, 0.15) is 5.41 Å². The van der Waals surface area contributed by atoms with E-state index >= 15 is 0 Å². The maximum Gasteiger partial charge on any atom is 0.248 e. The third-order valence-corrected chi connectivity index (χ3v) is 7.62. The maximum atomic E-state index is 13.5. The maximum absolute atomic E-state index is 13.5. The van der Waals surface area contributed by atoms with Gasteiger partial charge in [-0.2, -0.15) is 20.7 Å². The highest BCUT2D eigenvalue weighted by Gasteiger charge is 2.61. The second-order valence-corrected chi connectivity index (χ2v) is 9.51. The first-order valence-corrected chi connectivity index (χ1v) is 11.2. The molecule has 1 amide bonds. The van der Waals surface area contributed by atoms with Crippen molar-refractivity contribution in [2.45, 2.75) is 38.6 Å². The van der Waals surface area contributed by atoms with Crippen LogP contribution >= 0.6 is 0 Å². The van der Waals surface area contributed by atoms with Crippen molar-refractivity contribution in [3.63, 3.8) is 0 Å². The Kier molecular flexibility index (Phi) is 3.98. The molecule has 0 spiro atoms. The molecule has 0 N–H and O–H groups in total. The van der Waals surface area contributed by atoms with Gasteiger partial charge < -0.3 is 4.90 Å². The lowest BCUT2D eigenvalue weighted by Gasteiger charge is -2.30. The summed E-state index contributed by atoms with van der Waals surface area (Å²) in [5, 5.41) is 27.9. The molecular formula is C24H23N7O. The Balaban J connectivity index is 1.34. The van der Waals surface area contributed by atoms with Crippen molar-refractivity contribution in [3.8, 4) is 23.3 Å². The number of rotatable bonds is 4. The van der Waals surface area contributed by atoms with E-state index < -0.39 is 5.41 Å². The molecule has 2 atom stereocenters. The Bertz CT molecular complexity index is 1310. The zero-order valence-corrected chi connectivity index (χ0v) is 17.8. The van der Waals surface area contributed by atoms with Crippen LogP contribution in [0.5, 0.6) is 0 Å². The van der Waals surface area contributed by atoms with Crippen LogP contribution in [-0.4, -0.2) is 31.8 Å². The molecule has 0 unspecified atom stereocenters. The van der Waals surface area contributed by atoms with Crippen molar-refractivity contribution in [3.05, 3.63) is 36.9 Å². The summed E-state index contributed by atoms with van der Waals surface area (Å²) in [5.74, 6) is 0.231. The highest BCUT2D eigenvalue weighted by atomic mass is 16.2. The molecule has 0 aromatic carbocycles. The molecule has 1 aliphatic heterocycles. The van der Waals surface area contributed by atoms with Crippen molar-refractivity contribution >= 4 is 17.1 Å². The average Bonchev–Trinajstić information content (AvgIpc) is 3.23. The second kappa shape index (κ2) is 6.67. The number of fused-ring (bicyclic) bond motifs is 1. The van der Waals surface area contributed by atoms with Crippen molar-refractivity contribution < 1.29 is 4.79 Å². The standard InChI is InChI=1S/C24H23N7O/c1-15-11-29(23(32)24(15,14-26)19-2-3-19)21-4-5-27-31-12-17(8-22(21)31)18-10-28-30(13-18)20-6-16(7-20)9-25/h4-5,8,10,12-13,15-16,19-20H,2-3,6-7,11H2,1H3/t15-,16?,20?,24+/m1/s1. The monoisotopic (exact) mass is 425 g/mol. The minimum Gasteiger partial charge on any atom is -0.309 e. The molecule has 2 aliphatic carbocycles. The number of aromatic nitrogens is 4. The van der Waals surface area contributed by atoms with E-state index in [-0.39, 0.29) is 29.7 Å². The largest absolute Gasteiger partial charge is 0.309 e. The van der Waals surface area contributed by atoms with Gasteiger partial charge in [0.05, 0.1) is 41.5 Å². The van der Waals surface area contributed by atoms with Crippen molar-refractivity contribution in [2.24, 2.45) is 23.2 Å². The number of anilines is 1. The molecule has 2 saturated carbocycles. The van der Waals surface area contributed by atoms with Gasteiger partial charge in [-0.15, -0.1) is 0 Å². The van der Waals surface area contributed by atoms with Crippen LogP contribution in [0.25, 0.3) is 16.6 Å². The molecule has 32 heavy (non-hydrogen) atoms. The van der Waals surface area contributed by atoms with Crippen molar-refractivity contribution in [2.75, 3.05) is 11.4 Å². The lowest BCUT2D eigenvalue weighted by atomic mass is 9.75. The first-order valence-electron chi connectivity index (χ1n) is 11.2. The molecule has 1 saturated heterocycles. The van der Waals surface area contributed by atoms with Gasteiger partial charge in [-0.1, -0.05) is 6.92 Å². The number of nitrogens with zero attached hydrogens (tertiary/aromatic N) is 7. The normalized spacial score (nSPS) is 29.7. The number of nitriles is 2. The quantitative estimate of drug-likeness (QED) is 0.636. The third kappa shape index (κ3) is 2.56. The van der Waals surface area contributed by atoms with Crippen LogP contribution in [0.2, 0.25) is 0 Å². The lowest BCUT2D eigenvalue weighted by Crippen LogP contribution is -2.37. The minimum atomic E-state index is -0.902. The van der Waals surface area contributed by atoms with E-state index in [2.05, 4.69) is 22.3 Å². The molecule has 4 heterocycles. The summed E-state index contributed by atoms with van der Waals surface area (Å²) in [6.07, 6.45) is 11.1. The number of carbonyl (C=O) groups excluding carboxylic acids is 1. The highest BCUT2D eigenvalue weighted by Crippen LogP contribution is 2.54.